The van der Waals surface area contributed by atoms with E-state index in [9.17, 15) is 0 Å². The lowest BCUT2D eigenvalue weighted by molar-refractivity contribution is -0.0939. The van der Waals surface area contributed by atoms with E-state index in [-0.39, 0.29) is 6.10 Å². The predicted molar refractivity (Wildman–Crippen MR) is 82.9 cm³/mol. The van der Waals surface area contributed by atoms with E-state index in [0.717, 1.165) is 24.4 Å². The van der Waals surface area contributed by atoms with Gasteiger partial charge < -0.3 is 19.8 Å². The van der Waals surface area contributed by atoms with Crippen molar-refractivity contribution in [2.75, 3.05) is 26.4 Å². The third-order valence-corrected chi connectivity index (χ3v) is 4.63. The van der Waals surface area contributed by atoms with Crippen LogP contribution in [0.1, 0.15) is 23.7 Å². The first kappa shape index (κ1) is 13.6. The molecule has 2 aliphatic rings. The molecule has 3 heterocycles. The summed E-state index contributed by atoms with van der Waals surface area (Å²) in [6.45, 7) is 3.10. The van der Waals surface area contributed by atoms with Crippen LogP contribution >= 0.6 is 11.6 Å². The molecule has 1 fully saturated rings. The molecule has 0 unspecified atom stereocenters. The lowest BCUT2D eigenvalue weighted by atomic mass is 9.95. The summed E-state index contributed by atoms with van der Waals surface area (Å²) in [6, 6.07) is 6.36. The Morgan fingerprint density at radius 1 is 1.29 bits per heavy atom. The lowest BCUT2D eigenvalue weighted by Crippen LogP contribution is -2.36. The molecule has 1 aromatic carbocycles. The molecule has 0 amide bonds. The zero-order valence-electron chi connectivity index (χ0n) is 11.8. The minimum Gasteiger partial charge on any atom is -0.376 e. The molecule has 1 aromatic heterocycles. The molecular formula is C16H19ClN2O2. The molecule has 2 N–H and O–H groups in total. The number of hydrogen-bond donors (Lipinski definition) is 2. The van der Waals surface area contributed by atoms with Gasteiger partial charge in [0.1, 0.15) is 0 Å². The lowest BCUT2D eigenvalue weighted by Gasteiger charge is -2.30. The topological polar surface area (TPSA) is 46.3 Å². The maximum atomic E-state index is 6.14. The zero-order valence-corrected chi connectivity index (χ0v) is 12.6. The van der Waals surface area contributed by atoms with Crippen molar-refractivity contribution in [1.29, 1.82) is 0 Å². The van der Waals surface area contributed by atoms with Gasteiger partial charge >= 0.3 is 0 Å². The smallest absolute Gasteiger partial charge is 0.0828 e. The zero-order chi connectivity index (χ0) is 14.2. The van der Waals surface area contributed by atoms with Crippen LogP contribution in [0.25, 0.3) is 10.9 Å². The number of halogens is 1. The maximum absolute atomic E-state index is 6.14. The van der Waals surface area contributed by atoms with Crippen LogP contribution in [-0.2, 0) is 15.9 Å². The minimum atomic E-state index is 0.178. The van der Waals surface area contributed by atoms with E-state index in [4.69, 9.17) is 21.1 Å². The average molecular weight is 307 g/mol. The van der Waals surface area contributed by atoms with E-state index in [2.05, 4.69) is 22.4 Å². The number of rotatable bonds is 2. The quantitative estimate of drug-likeness (QED) is 0.897. The second kappa shape index (κ2) is 5.61. The fourth-order valence-electron chi connectivity index (χ4n) is 3.42. The Morgan fingerprint density at radius 3 is 3.10 bits per heavy atom. The van der Waals surface area contributed by atoms with Crippen LogP contribution in [0, 0.1) is 0 Å². The van der Waals surface area contributed by atoms with Crippen molar-refractivity contribution in [2.24, 2.45) is 0 Å². The SMILES string of the molecule is Clc1ccc2[nH]c3c(c2c1)CCN[C@H]3C[C@@H]1COCCO1. The van der Waals surface area contributed by atoms with Crippen LogP contribution in [0.3, 0.4) is 0 Å². The van der Waals surface area contributed by atoms with Crippen LogP contribution in [0.4, 0.5) is 0 Å². The standard InChI is InChI=1S/C16H19ClN2O2/c17-10-1-2-14-13(7-10)12-3-4-18-15(16(12)19-14)8-11-9-20-5-6-21-11/h1-2,7,11,15,18-19H,3-6,8-9H2/t11-,15+/m1/s1. The highest BCUT2D eigenvalue weighted by Crippen LogP contribution is 2.33. The van der Waals surface area contributed by atoms with E-state index < -0.39 is 0 Å². The summed E-state index contributed by atoms with van der Waals surface area (Å²) in [5.41, 5.74) is 3.85. The number of fused-ring (bicyclic) bond motifs is 3. The first-order valence-corrected chi connectivity index (χ1v) is 7.92. The van der Waals surface area contributed by atoms with Crippen LogP contribution in [0.15, 0.2) is 18.2 Å². The summed E-state index contributed by atoms with van der Waals surface area (Å²) in [7, 11) is 0. The normalized spacial score (nSPS) is 26.0. The van der Waals surface area contributed by atoms with Gasteiger partial charge in [0.15, 0.2) is 0 Å². The molecule has 0 bridgehead atoms. The van der Waals surface area contributed by atoms with Crippen LogP contribution in [0.2, 0.25) is 5.02 Å². The van der Waals surface area contributed by atoms with Gasteiger partial charge in [-0.2, -0.15) is 0 Å². The highest BCUT2D eigenvalue weighted by Gasteiger charge is 2.27. The Morgan fingerprint density at radius 2 is 2.24 bits per heavy atom. The van der Waals surface area contributed by atoms with Crippen molar-refractivity contribution in [3.05, 3.63) is 34.5 Å². The number of benzene rings is 1. The number of aromatic amines is 1. The van der Waals surface area contributed by atoms with Crippen LogP contribution < -0.4 is 5.32 Å². The highest BCUT2D eigenvalue weighted by molar-refractivity contribution is 6.31. The molecule has 0 aliphatic carbocycles. The van der Waals surface area contributed by atoms with E-state index >= 15 is 0 Å². The van der Waals surface area contributed by atoms with Crippen molar-refractivity contribution in [1.82, 2.24) is 10.3 Å². The maximum Gasteiger partial charge on any atom is 0.0828 e. The number of H-pyrrole nitrogens is 1. The van der Waals surface area contributed by atoms with Gasteiger partial charge in [0.05, 0.1) is 32.0 Å². The molecule has 2 aliphatic heterocycles. The Kier molecular flexibility index (Phi) is 3.63. The Labute approximate surface area is 128 Å². The van der Waals surface area contributed by atoms with E-state index in [1.165, 1.54) is 22.2 Å². The van der Waals surface area contributed by atoms with Gasteiger partial charge in [-0.3, -0.25) is 0 Å². The van der Waals surface area contributed by atoms with Crippen LogP contribution in [0.5, 0.6) is 0 Å². The summed E-state index contributed by atoms with van der Waals surface area (Å²) in [5.74, 6) is 0. The fourth-order valence-corrected chi connectivity index (χ4v) is 3.59. The van der Waals surface area contributed by atoms with Gasteiger partial charge in [0, 0.05) is 21.6 Å². The van der Waals surface area contributed by atoms with Crippen molar-refractivity contribution in [2.45, 2.75) is 25.0 Å². The number of nitrogens with one attached hydrogen (secondary N) is 2. The molecular weight excluding hydrogens is 288 g/mol. The molecule has 0 radical (unpaired) electrons. The summed E-state index contributed by atoms with van der Waals surface area (Å²) in [5, 5.41) is 5.65. The third kappa shape index (κ3) is 2.57. The van der Waals surface area contributed by atoms with Gasteiger partial charge in [0.2, 0.25) is 0 Å². The third-order valence-electron chi connectivity index (χ3n) is 4.40. The minimum absolute atomic E-state index is 0.178. The molecule has 2 atom stereocenters. The van der Waals surface area contributed by atoms with Crippen LogP contribution in [-0.4, -0.2) is 37.5 Å². The molecule has 0 saturated carbocycles. The molecule has 4 nitrogen and oxygen atoms in total. The Balaban J connectivity index is 1.65. The molecule has 0 spiro atoms. The number of ether oxygens (including phenoxy) is 2. The number of hydrogen-bond acceptors (Lipinski definition) is 3. The first-order valence-electron chi connectivity index (χ1n) is 7.54. The second-order valence-corrected chi connectivity index (χ2v) is 6.20. The average Bonchev–Trinajstić information content (AvgIpc) is 2.88. The molecule has 2 aromatic rings. The van der Waals surface area contributed by atoms with Gasteiger partial charge in [-0.25, -0.2) is 0 Å². The molecule has 112 valence electrons. The Hall–Kier alpha value is -1.07. The predicted octanol–water partition coefficient (Wildman–Crippen LogP) is 2.81. The Bertz CT molecular complexity index is 649. The van der Waals surface area contributed by atoms with Gasteiger partial charge in [-0.15, -0.1) is 0 Å². The summed E-state index contributed by atoms with van der Waals surface area (Å²) in [6.07, 6.45) is 2.15. The first-order chi connectivity index (χ1) is 10.3. The van der Waals surface area contributed by atoms with Crippen molar-refractivity contribution >= 4 is 22.5 Å². The fraction of sp³-hybridized carbons (Fsp3) is 0.500. The molecule has 1 saturated heterocycles. The second-order valence-electron chi connectivity index (χ2n) is 5.77. The number of aromatic nitrogens is 1. The summed E-state index contributed by atoms with van der Waals surface area (Å²) < 4.78 is 11.3. The van der Waals surface area contributed by atoms with Gasteiger partial charge in [-0.05, 0) is 43.1 Å². The van der Waals surface area contributed by atoms with Gasteiger partial charge in [-0.1, -0.05) is 11.6 Å². The van der Waals surface area contributed by atoms with E-state index in [1.807, 2.05) is 6.07 Å². The largest absolute Gasteiger partial charge is 0.376 e. The molecule has 5 heteroatoms. The van der Waals surface area contributed by atoms with Crippen molar-refractivity contribution < 1.29 is 9.47 Å². The summed E-state index contributed by atoms with van der Waals surface area (Å²) in [4.78, 5) is 3.57. The highest BCUT2D eigenvalue weighted by atomic mass is 35.5. The molecule has 21 heavy (non-hydrogen) atoms. The van der Waals surface area contributed by atoms with Crippen molar-refractivity contribution in [3.63, 3.8) is 0 Å². The van der Waals surface area contributed by atoms with Crippen molar-refractivity contribution in [3.8, 4) is 0 Å². The molecule has 4 rings (SSSR count). The monoisotopic (exact) mass is 306 g/mol. The van der Waals surface area contributed by atoms with Gasteiger partial charge in [0.25, 0.3) is 0 Å². The van der Waals surface area contributed by atoms with E-state index in [1.54, 1.807) is 0 Å². The van der Waals surface area contributed by atoms with E-state index in [0.29, 0.717) is 25.9 Å². The summed E-state index contributed by atoms with van der Waals surface area (Å²) >= 11 is 6.14.